The molecular weight excluding hydrogens is 266 g/mol. The molecule has 0 aliphatic heterocycles. The van der Waals surface area contributed by atoms with Crippen molar-refractivity contribution in [2.45, 2.75) is 95.6 Å². The number of rotatable bonds is 6. The van der Waals surface area contributed by atoms with Gasteiger partial charge in [-0.1, -0.05) is 38.5 Å². The Morgan fingerprint density at radius 2 is 1.29 bits per heavy atom. The summed E-state index contributed by atoms with van der Waals surface area (Å²) in [6.07, 6.45) is 12.7. The molecule has 0 aromatic rings. The van der Waals surface area contributed by atoms with Crippen LogP contribution in [0.15, 0.2) is 0 Å². The Morgan fingerprint density at radius 3 is 1.71 bits per heavy atom. The predicted molar refractivity (Wildman–Crippen MR) is 79.5 cm³/mol. The normalized spacial score (nSPS) is 21.1. The number of carboxylic acids is 1. The molecule has 4 heteroatoms. The summed E-state index contributed by atoms with van der Waals surface area (Å²) in [6, 6.07) is 0.801. The van der Waals surface area contributed by atoms with Gasteiger partial charge in [-0.15, -0.1) is 0 Å². The van der Waals surface area contributed by atoms with Gasteiger partial charge in [0.2, 0.25) is 5.91 Å². The summed E-state index contributed by atoms with van der Waals surface area (Å²) in [7, 11) is 0. The van der Waals surface area contributed by atoms with Crippen LogP contribution >= 0.6 is 0 Å². The number of carbonyl (C=O) groups is 2. The summed E-state index contributed by atoms with van der Waals surface area (Å²) < 4.78 is 0. The van der Waals surface area contributed by atoms with Crippen molar-refractivity contribution in [2.75, 3.05) is 0 Å². The molecule has 2 aliphatic rings. The highest BCUT2D eigenvalue weighted by molar-refractivity contribution is 5.77. The third-order valence-corrected chi connectivity index (χ3v) is 5.00. The van der Waals surface area contributed by atoms with E-state index in [0.717, 1.165) is 25.7 Å². The SMILES string of the molecule is O=C([O-])CCCC(=O)N(C1CCCCC1)C1CCCCC1. The van der Waals surface area contributed by atoms with E-state index in [0.29, 0.717) is 24.9 Å². The quantitative estimate of drug-likeness (QED) is 0.755. The van der Waals surface area contributed by atoms with Crippen LogP contribution in [-0.2, 0) is 9.59 Å². The topological polar surface area (TPSA) is 60.4 Å². The highest BCUT2D eigenvalue weighted by Crippen LogP contribution is 2.30. The Kier molecular flexibility index (Phi) is 6.52. The average molecular weight is 294 g/mol. The molecule has 0 aromatic carbocycles. The van der Waals surface area contributed by atoms with E-state index >= 15 is 0 Å². The Morgan fingerprint density at radius 1 is 0.810 bits per heavy atom. The zero-order valence-corrected chi connectivity index (χ0v) is 13.0. The molecule has 0 bridgehead atoms. The van der Waals surface area contributed by atoms with Gasteiger partial charge in [0.15, 0.2) is 0 Å². The number of nitrogens with zero attached hydrogens (tertiary/aromatic N) is 1. The zero-order chi connectivity index (χ0) is 15.1. The third-order valence-electron chi connectivity index (χ3n) is 5.00. The second kappa shape index (κ2) is 8.40. The summed E-state index contributed by atoms with van der Waals surface area (Å²) in [5.41, 5.74) is 0. The largest absolute Gasteiger partial charge is 0.550 e. The van der Waals surface area contributed by atoms with Gasteiger partial charge in [-0.3, -0.25) is 4.79 Å². The van der Waals surface area contributed by atoms with Gasteiger partial charge in [0.25, 0.3) is 0 Å². The lowest BCUT2D eigenvalue weighted by atomic mass is 9.88. The number of hydrogen-bond acceptors (Lipinski definition) is 3. The van der Waals surface area contributed by atoms with Crippen LogP contribution in [0.25, 0.3) is 0 Å². The summed E-state index contributed by atoms with van der Waals surface area (Å²) in [6.45, 7) is 0. The molecule has 0 heterocycles. The highest BCUT2D eigenvalue weighted by Gasteiger charge is 2.31. The lowest BCUT2D eigenvalue weighted by molar-refractivity contribution is -0.305. The minimum atomic E-state index is -1.05. The Balaban J connectivity index is 1.95. The Hall–Kier alpha value is -1.06. The Labute approximate surface area is 127 Å². The van der Waals surface area contributed by atoms with Crippen LogP contribution < -0.4 is 5.11 Å². The van der Waals surface area contributed by atoms with Gasteiger partial charge in [-0.25, -0.2) is 0 Å². The summed E-state index contributed by atoms with van der Waals surface area (Å²) in [5, 5.41) is 10.5. The summed E-state index contributed by atoms with van der Waals surface area (Å²) in [4.78, 5) is 25.3. The van der Waals surface area contributed by atoms with Crippen LogP contribution in [0.3, 0.4) is 0 Å². The molecule has 0 aromatic heterocycles. The van der Waals surface area contributed by atoms with Crippen molar-refractivity contribution in [1.29, 1.82) is 0 Å². The maximum atomic E-state index is 12.6. The number of carbonyl (C=O) groups excluding carboxylic acids is 2. The molecule has 1 amide bonds. The monoisotopic (exact) mass is 294 g/mol. The van der Waals surface area contributed by atoms with Crippen molar-refractivity contribution in [3.8, 4) is 0 Å². The van der Waals surface area contributed by atoms with E-state index in [1.165, 1.54) is 38.5 Å². The first-order valence-electron chi connectivity index (χ1n) is 8.69. The number of aliphatic carboxylic acids is 1. The number of carboxylic acid groups (broad SMARTS) is 1. The van der Waals surface area contributed by atoms with E-state index in [9.17, 15) is 14.7 Å². The fraction of sp³-hybridized carbons (Fsp3) is 0.882. The second-order valence-electron chi connectivity index (χ2n) is 6.61. The number of amides is 1. The molecule has 0 spiro atoms. The molecule has 4 nitrogen and oxygen atoms in total. The molecule has 0 N–H and O–H groups in total. The predicted octanol–water partition coefficient (Wildman–Crippen LogP) is 2.40. The molecule has 120 valence electrons. The van der Waals surface area contributed by atoms with Gasteiger partial charge in [-0.05, 0) is 38.5 Å². The molecule has 2 saturated carbocycles. The average Bonchev–Trinajstić information content (AvgIpc) is 2.49. The molecule has 0 unspecified atom stereocenters. The van der Waals surface area contributed by atoms with Crippen LogP contribution in [0.2, 0.25) is 0 Å². The first-order valence-corrected chi connectivity index (χ1v) is 8.69. The molecule has 2 fully saturated rings. The molecule has 2 aliphatic carbocycles. The molecular formula is C17H28NO3-. The van der Waals surface area contributed by atoms with Crippen molar-refractivity contribution in [3.63, 3.8) is 0 Å². The van der Waals surface area contributed by atoms with Gasteiger partial charge in [0.1, 0.15) is 0 Å². The lowest BCUT2D eigenvalue weighted by Gasteiger charge is -2.42. The molecule has 0 radical (unpaired) electrons. The Bertz CT molecular complexity index is 326. The van der Waals surface area contributed by atoms with Gasteiger partial charge in [0.05, 0.1) is 0 Å². The van der Waals surface area contributed by atoms with Crippen molar-refractivity contribution in [1.82, 2.24) is 4.90 Å². The fourth-order valence-corrected chi connectivity index (χ4v) is 3.94. The molecule has 0 atom stereocenters. The van der Waals surface area contributed by atoms with Crippen molar-refractivity contribution in [3.05, 3.63) is 0 Å². The van der Waals surface area contributed by atoms with Crippen molar-refractivity contribution < 1.29 is 14.7 Å². The summed E-state index contributed by atoms with van der Waals surface area (Å²) >= 11 is 0. The van der Waals surface area contributed by atoms with Crippen LogP contribution in [0.1, 0.15) is 83.5 Å². The maximum absolute atomic E-state index is 12.6. The van der Waals surface area contributed by atoms with Crippen molar-refractivity contribution >= 4 is 11.9 Å². The maximum Gasteiger partial charge on any atom is 0.223 e. The number of hydrogen-bond donors (Lipinski definition) is 0. The lowest BCUT2D eigenvalue weighted by Crippen LogP contribution is -2.48. The van der Waals surface area contributed by atoms with Gasteiger partial charge >= 0.3 is 0 Å². The molecule has 21 heavy (non-hydrogen) atoms. The molecule has 2 rings (SSSR count). The van der Waals surface area contributed by atoms with Crippen LogP contribution in [0, 0.1) is 0 Å². The first-order chi connectivity index (χ1) is 10.2. The van der Waals surface area contributed by atoms with Crippen molar-refractivity contribution in [2.24, 2.45) is 0 Å². The zero-order valence-electron chi connectivity index (χ0n) is 13.0. The second-order valence-corrected chi connectivity index (χ2v) is 6.61. The van der Waals surface area contributed by atoms with E-state index < -0.39 is 5.97 Å². The first kappa shape index (κ1) is 16.3. The van der Waals surface area contributed by atoms with Crippen LogP contribution in [-0.4, -0.2) is 28.9 Å². The standard InChI is InChI=1S/C17H29NO3/c19-16(12-7-13-17(20)21)18(14-8-3-1-4-9-14)15-10-5-2-6-11-15/h14-15H,1-13H2,(H,20,21)/p-1. The van der Waals surface area contributed by atoms with E-state index in [1.54, 1.807) is 0 Å². The third kappa shape index (κ3) is 5.01. The minimum absolute atomic E-state index is 0.00505. The van der Waals surface area contributed by atoms with Crippen LogP contribution in [0.4, 0.5) is 0 Å². The van der Waals surface area contributed by atoms with Crippen LogP contribution in [0.5, 0.6) is 0 Å². The molecule has 0 saturated heterocycles. The fourth-order valence-electron chi connectivity index (χ4n) is 3.94. The van der Waals surface area contributed by atoms with E-state index in [1.807, 2.05) is 0 Å². The minimum Gasteiger partial charge on any atom is -0.550 e. The van der Waals surface area contributed by atoms with Gasteiger partial charge in [-0.2, -0.15) is 0 Å². The van der Waals surface area contributed by atoms with E-state index in [-0.39, 0.29) is 12.3 Å². The van der Waals surface area contributed by atoms with E-state index in [2.05, 4.69) is 4.90 Å². The van der Waals surface area contributed by atoms with E-state index in [4.69, 9.17) is 0 Å². The smallest absolute Gasteiger partial charge is 0.223 e. The highest BCUT2D eigenvalue weighted by atomic mass is 16.4. The van der Waals surface area contributed by atoms with Gasteiger partial charge < -0.3 is 14.8 Å². The van der Waals surface area contributed by atoms with Gasteiger partial charge in [0, 0.05) is 24.5 Å². The summed E-state index contributed by atoms with van der Waals surface area (Å²) in [5.74, 6) is -0.875.